The molecule has 1 N–H and O–H groups in total. The number of fused-ring (bicyclic) bond motifs is 1. The van der Waals surface area contributed by atoms with Crippen molar-refractivity contribution in [2.45, 2.75) is 23.1 Å². The van der Waals surface area contributed by atoms with Gasteiger partial charge < -0.3 is 4.90 Å². The van der Waals surface area contributed by atoms with E-state index in [0.29, 0.717) is 12.2 Å². The molecule has 2 aromatic carbocycles. The van der Waals surface area contributed by atoms with Crippen LogP contribution in [0.3, 0.4) is 0 Å². The van der Waals surface area contributed by atoms with E-state index in [9.17, 15) is 17.6 Å². The molecular formula is C17H16ClFN2O3S2. The molecule has 138 valence electrons. The molecule has 2 aromatic rings. The van der Waals surface area contributed by atoms with E-state index in [0.717, 1.165) is 23.1 Å². The minimum Gasteiger partial charge on any atom is -0.311 e. The molecule has 0 fully saturated rings. The molecule has 5 nitrogen and oxygen atoms in total. The van der Waals surface area contributed by atoms with E-state index in [2.05, 4.69) is 4.72 Å². The summed E-state index contributed by atoms with van der Waals surface area (Å²) in [5.41, 5.74) is 0.740. The van der Waals surface area contributed by atoms with Gasteiger partial charge in [0.25, 0.3) is 10.0 Å². The molecule has 0 radical (unpaired) electrons. The van der Waals surface area contributed by atoms with Gasteiger partial charge in [-0.1, -0.05) is 11.6 Å². The van der Waals surface area contributed by atoms with Crippen molar-refractivity contribution in [3.8, 4) is 0 Å². The van der Waals surface area contributed by atoms with Gasteiger partial charge >= 0.3 is 0 Å². The van der Waals surface area contributed by atoms with E-state index < -0.39 is 15.8 Å². The molecule has 9 heteroatoms. The quantitative estimate of drug-likeness (QED) is 0.820. The van der Waals surface area contributed by atoms with Gasteiger partial charge in [-0.15, -0.1) is 11.8 Å². The van der Waals surface area contributed by atoms with E-state index in [-0.39, 0.29) is 21.5 Å². The summed E-state index contributed by atoms with van der Waals surface area (Å²) >= 11 is 7.29. The van der Waals surface area contributed by atoms with Crippen LogP contribution >= 0.6 is 23.4 Å². The van der Waals surface area contributed by atoms with E-state index in [1.165, 1.54) is 31.2 Å². The third kappa shape index (κ3) is 3.97. The number of hydrogen-bond acceptors (Lipinski definition) is 4. The van der Waals surface area contributed by atoms with Crippen molar-refractivity contribution < 1.29 is 17.6 Å². The Labute approximate surface area is 160 Å². The van der Waals surface area contributed by atoms with Gasteiger partial charge in [0.2, 0.25) is 5.91 Å². The van der Waals surface area contributed by atoms with Gasteiger partial charge in [0.15, 0.2) is 0 Å². The molecule has 0 atom stereocenters. The first-order chi connectivity index (χ1) is 12.3. The Morgan fingerprint density at radius 3 is 2.73 bits per heavy atom. The van der Waals surface area contributed by atoms with E-state index >= 15 is 0 Å². The molecule has 0 spiro atoms. The lowest BCUT2D eigenvalue weighted by Crippen LogP contribution is -2.29. The molecule has 26 heavy (non-hydrogen) atoms. The van der Waals surface area contributed by atoms with Gasteiger partial charge in [0, 0.05) is 18.4 Å². The summed E-state index contributed by atoms with van der Waals surface area (Å²) in [6, 6.07) is 8.26. The van der Waals surface area contributed by atoms with Crippen LogP contribution < -0.4 is 9.62 Å². The molecular weight excluding hydrogens is 399 g/mol. The zero-order chi connectivity index (χ0) is 18.9. The van der Waals surface area contributed by atoms with Gasteiger partial charge in [0.1, 0.15) is 5.82 Å². The number of thioether (sulfide) groups is 1. The van der Waals surface area contributed by atoms with Gasteiger partial charge in [-0.2, -0.15) is 0 Å². The maximum absolute atomic E-state index is 13.3. The average Bonchev–Trinajstić information content (AvgIpc) is 2.79. The van der Waals surface area contributed by atoms with E-state index in [1.54, 1.807) is 22.7 Å². The smallest absolute Gasteiger partial charge is 0.261 e. The number of benzene rings is 2. The summed E-state index contributed by atoms with van der Waals surface area (Å²) in [5.74, 6) is 0.0882. The van der Waals surface area contributed by atoms with Crippen LogP contribution in [0.1, 0.15) is 13.3 Å². The standard InChI is InChI=1S/C17H16ClFN2O3S2/c1-11(22)21-7-2-8-25-17-6-4-13(10-16(17)21)26(23,24)20-12-3-5-15(19)14(18)9-12/h3-6,9-10,20H,2,7-8H2,1H3. The minimum absolute atomic E-state index is 0.0189. The number of nitrogens with one attached hydrogen (secondary N) is 1. The van der Waals surface area contributed by atoms with Crippen LogP contribution in [-0.4, -0.2) is 26.6 Å². The molecule has 0 aliphatic carbocycles. The lowest BCUT2D eigenvalue weighted by molar-refractivity contribution is -0.116. The Balaban J connectivity index is 1.97. The first-order valence-electron chi connectivity index (χ1n) is 7.81. The van der Waals surface area contributed by atoms with Gasteiger partial charge in [-0.25, -0.2) is 12.8 Å². The Morgan fingerprint density at radius 1 is 1.27 bits per heavy atom. The van der Waals surface area contributed by atoms with Crippen LogP contribution in [0.4, 0.5) is 15.8 Å². The fraction of sp³-hybridized carbons (Fsp3) is 0.235. The summed E-state index contributed by atoms with van der Waals surface area (Å²) in [6.07, 6.45) is 0.827. The van der Waals surface area contributed by atoms with Gasteiger partial charge in [-0.05, 0) is 48.6 Å². The van der Waals surface area contributed by atoms with Crippen LogP contribution in [0, 0.1) is 5.82 Å². The summed E-state index contributed by atoms with van der Waals surface area (Å²) < 4.78 is 41.0. The molecule has 1 amide bonds. The Bertz CT molecular complexity index is 966. The van der Waals surface area contributed by atoms with Crippen LogP contribution in [-0.2, 0) is 14.8 Å². The molecule has 0 saturated heterocycles. The largest absolute Gasteiger partial charge is 0.311 e. The third-order valence-corrected chi connectivity index (χ3v) is 6.68. The molecule has 0 unspecified atom stereocenters. The maximum atomic E-state index is 13.3. The van der Waals surface area contributed by atoms with E-state index in [1.807, 2.05) is 0 Å². The Morgan fingerprint density at radius 2 is 2.04 bits per heavy atom. The van der Waals surface area contributed by atoms with Gasteiger partial charge in [0.05, 0.1) is 21.3 Å². The predicted molar refractivity (Wildman–Crippen MR) is 102 cm³/mol. The van der Waals surface area contributed by atoms with Crippen molar-refractivity contribution >= 4 is 50.7 Å². The van der Waals surface area contributed by atoms with Crippen molar-refractivity contribution in [3.05, 3.63) is 47.2 Å². The topological polar surface area (TPSA) is 66.5 Å². The number of carbonyl (C=O) groups excluding carboxylic acids is 1. The maximum Gasteiger partial charge on any atom is 0.261 e. The lowest BCUT2D eigenvalue weighted by Gasteiger charge is -2.21. The average molecular weight is 415 g/mol. The second-order valence-corrected chi connectivity index (χ2v) is 8.96. The fourth-order valence-corrected chi connectivity index (χ4v) is 4.85. The molecule has 0 bridgehead atoms. The number of sulfonamides is 1. The first kappa shape index (κ1) is 19.0. The van der Waals surface area contributed by atoms with Crippen LogP contribution in [0.15, 0.2) is 46.2 Å². The molecule has 3 rings (SSSR count). The monoisotopic (exact) mass is 414 g/mol. The van der Waals surface area contributed by atoms with Crippen LogP contribution in [0.5, 0.6) is 0 Å². The first-order valence-corrected chi connectivity index (χ1v) is 10.7. The van der Waals surface area contributed by atoms with Crippen molar-refractivity contribution in [3.63, 3.8) is 0 Å². The van der Waals surface area contributed by atoms with E-state index in [4.69, 9.17) is 11.6 Å². The summed E-state index contributed by atoms with van der Waals surface area (Å²) in [6.45, 7) is 2.00. The second kappa shape index (κ2) is 7.46. The highest BCUT2D eigenvalue weighted by atomic mass is 35.5. The Hall–Kier alpha value is -1.77. The molecule has 1 heterocycles. The van der Waals surface area contributed by atoms with Crippen molar-refractivity contribution in [2.75, 3.05) is 21.9 Å². The minimum atomic E-state index is -3.92. The third-order valence-electron chi connectivity index (χ3n) is 3.87. The number of rotatable bonds is 3. The summed E-state index contributed by atoms with van der Waals surface area (Å²) in [7, 11) is -3.92. The van der Waals surface area contributed by atoms with Crippen molar-refractivity contribution in [1.82, 2.24) is 0 Å². The van der Waals surface area contributed by atoms with Crippen LogP contribution in [0.2, 0.25) is 5.02 Å². The fourth-order valence-electron chi connectivity index (χ4n) is 2.62. The highest BCUT2D eigenvalue weighted by Crippen LogP contribution is 2.36. The highest BCUT2D eigenvalue weighted by Gasteiger charge is 2.23. The number of halogens is 2. The normalized spacial score (nSPS) is 14.5. The SMILES string of the molecule is CC(=O)N1CCCSc2ccc(S(=O)(=O)Nc3ccc(F)c(Cl)c3)cc21. The van der Waals surface area contributed by atoms with Crippen LogP contribution in [0.25, 0.3) is 0 Å². The lowest BCUT2D eigenvalue weighted by atomic mass is 10.2. The van der Waals surface area contributed by atoms with Crippen molar-refractivity contribution in [2.24, 2.45) is 0 Å². The molecule has 1 aliphatic heterocycles. The predicted octanol–water partition coefficient (Wildman–Crippen LogP) is 4.13. The molecule has 1 aliphatic rings. The number of carbonyl (C=O) groups is 1. The number of amides is 1. The number of hydrogen-bond donors (Lipinski definition) is 1. The molecule has 0 saturated carbocycles. The number of anilines is 2. The molecule has 0 aromatic heterocycles. The zero-order valence-corrected chi connectivity index (χ0v) is 16.2. The van der Waals surface area contributed by atoms with Gasteiger partial charge in [-0.3, -0.25) is 9.52 Å². The zero-order valence-electron chi connectivity index (χ0n) is 13.8. The summed E-state index contributed by atoms with van der Waals surface area (Å²) in [4.78, 5) is 14.4. The highest BCUT2D eigenvalue weighted by molar-refractivity contribution is 7.99. The van der Waals surface area contributed by atoms with Crippen molar-refractivity contribution in [1.29, 1.82) is 0 Å². The Kier molecular flexibility index (Phi) is 5.45. The summed E-state index contributed by atoms with van der Waals surface area (Å²) in [5, 5.41) is -0.175. The number of nitrogens with zero attached hydrogens (tertiary/aromatic N) is 1. The second-order valence-electron chi connectivity index (χ2n) is 5.74.